The van der Waals surface area contributed by atoms with Crippen molar-refractivity contribution in [3.05, 3.63) is 12.7 Å². The number of piperidine rings is 1. The van der Waals surface area contributed by atoms with Gasteiger partial charge in [-0.1, -0.05) is 19.9 Å². The minimum atomic E-state index is -0.737. The van der Waals surface area contributed by atoms with E-state index >= 15 is 0 Å². The highest BCUT2D eigenvalue weighted by Crippen LogP contribution is 2.43. The Hall–Kier alpha value is -1.52. The van der Waals surface area contributed by atoms with Gasteiger partial charge in [0.05, 0.1) is 0 Å². The lowest BCUT2D eigenvalue weighted by atomic mass is 9.74. The molecular formula is C15H25N3O2. The molecule has 1 saturated heterocycles. The van der Waals surface area contributed by atoms with Crippen LogP contribution in [0.25, 0.3) is 0 Å². The molecule has 1 atom stereocenters. The van der Waals surface area contributed by atoms with Crippen molar-refractivity contribution in [3.8, 4) is 0 Å². The zero-order chi connectivity index (χ0) is 15.0. The van der Waals surface area contributed by atoms with Gasteiger partial charge in [-0.2, -0.15) is 0 Å². The molecule has 112 valence electrons. The van der Waals surface area contributed by atoms with Crippen LogP contribution in [0.15, 0.2) is 12.7 Å². The number of carbonyl (C=O) groups is 2. The predicted octanol–water partition coefficient (Wildman–Crippen LogP) is 1.78. The summed E-state index contributed by atoms with van der Waals surface area (Å²) in [5, 5.41) is 2.64. The second kappa shape index (κ2) is 5.11. The first kappa shape index (κ1) is 14.9. The molecule has 3 amide bonds. The average molecular weight is 279 g/mol. The van der Waals surface area contributed by atoms with E-state index in [2.05, 4.69) is 25.7 Å². The van der Waals surface area contributed by atoms with E-state index in [0.29, 0.717) is 12.8 Å². The Morgan fingerprint density at radius 1 is 1.40 bits per heavy atom. The number of carbonyl (C=O) groups excluding carboxylic acids is 2. The van der Waals surface area contributed by atoms with E-state index in [0.717, 1.165) is 25.8 Å². The molecular weight excluding hydrogens is 254 g/mol. The minimum absolute atomic E-state index is 0.0240. The normalized spacial score (nSPS) is 26.7. The third-order valence-electron chi connectivity index (χ3n) is 4.67. The molecule has 0 aromatic carbocycles. The fourth-order valence-corrected chi connectivity index (χ4v) is 3.32. The summed E-state index contributed by atoms with van der Waals surface area (Å²) >= 11 is 0. The van der Waals surface area contributed by atoms with Gasteiger partial charge in [-0.05, 0) is 37.5 Å². The molecule has 3 N–H and O–H groups in total. The van der Waals surface area contributed by atoms with Crippen molar-refractivity contribution >= 4 is 11.9 Å². The van der Waals surface area contributed by atoms with Crippen molar-refractivity contribution < 1.29 is 9.59 Å². The summed E-state index contributed by atoms with van der Waals surface area (Å²) in [6, 6.07) is -0.471. The standard InChI is InChI=1S/C15H25N3O2/c1-4-6-11-14(2,3)7-5-10-18(11)12(19)15(8-9-15)17-13(16)20/h4,11H,1,5-10H2,2-3H3,(H3,16,17,20). The SMILES string of the molecule is C=CCC1N(C(=O)C2(NC(N)=O)CC2)CCCC1(C)C. The first-order chi connectivity index (χ1) is 9.32. The number of hydrogen-bond donors (Lipinski definition) is 2. The van der Waals surface area contributed by atoms with E-state index in [1.54, 1.807) is 0 Å². The van der Waals surface area contributed by atoms with Gasteiger partial charge in [0.2, 0.25) is 5.91 Å². The van der Waals surface area contributed by atoms with Crippen LogP contribution in [0.3, 0.4) is 0 Å². The van der Waals surface area contributed by atoms with E-state index in [9.17, 15) is 9.59 Å². The van der Waals surface area contributed by atoms with Gasteiger partial charge in [0.25, 0.3) is 0 Å². The Kier molecular flexibility index (Phi) is 3.80. The Balaban J connectivity index is 2.18. The minimum Gasteiger partial charge on any atom is -0.352 e. The van der Waals surface area contributed by atoms with Crippen LogP contribution in [0.5, 0.6) is 0 Å². The molecule has 2 fully saturated rings. The zero-order valence-corrected chi connectivity index (χ0v) is 12.4. The number of nitrogens with zero attached hydrogens (tertiary/aromatic N) is 1. The molecule has 1 aliphatic carbocycles. The molecule has 0 spiro atoms. The van der Waals surface area contributed by atoms with Gasteiger partial charge in [0, 0.05) is 12.6 Å². The molecule has 5 nitrogen and oxygen atoms in total. The third-order valence-corrected chi connectivity index (χ3v) is 4.67. The summed E-state index contributed by atoms with van der Waals surface area (Å²) in [5.41, 5.74) is 4.53. The second-order valence-corrected chi connectivity index (χ2v) is 6.70. The maximum absolute atomic E-state index is 12.8. The molecule has 0 aromatic heterocycles. The summed E-state index contributed by atoms with van der Waals surface area (Å²) in [5.74, 6) is 0.0240. The first-order valence-corrected chi connectivity index (χ1v) is 7.32. The van der Waals surface area contributed by atoms with Crippen LogP contribution < -0.4 is 11.1 Å². The number of hydrogen-bond acceptors (Lipinski definition) is 2. The van der Waals surface area contributed by atoms with E-state index < -0.39 is 11.6 Å². The van der Waals surface area contributed by atoms with Crippen molar-refractivity contribution in [1.29, 1.82) is 0 Å². The molecule has 20 heavy (non-hydrogen) atoms. The summed E-state index contributed by atoms with van der Waals surface area (Å²) in [7, 11) is 0. The number of rotatable bonds is 4. The lowest BCUT2D eigenvalue weighted by Crippen LogP contribution is -2.59. The maximum Gasteiger partial charge on any atom is 0.313 e. The van der Waals surface area contributed by atoms with E-state index in [1.807, 2.05) is 11.0 Å². The molecule has 1 saturated carbocycles. The van der Waals surface area contributed by atoms with Crippen LogP contribution >= 0.6 is 0 Å². The van der Waals surface area contributed by atoms with Crippen molar-refractivity contribution in [1.82, 2.24) is 10.2 Å². The first-order valence-electron chi connectivity index (χ1n) is 7.32. The molecule has 2 rings (SSSR count). The number of nitrogens with one attached hydrogen (secondary N) is 1. The Labute approximate surface area is 120 Å². The highest BCUT2D eigenvalue weighted by molar-refractivity contribution is 5.93. The molecule has 1 heterocycles. The van der Waals surface area contributed by atoms with Crippen LogP contribution in [0.1, 0.15) is 46.0 Å². The van der Waals surface area contributed by atoms with Gasteiger partial charge in [-0.25, -0.2) is 4.79 Å². The molecule has 0 bridgehead atoms. The van der Waals surface area contributed by atoms with Gasteiger partial charge >= 0.3 is 6.03 Å². The van der Waals surface area contributed by atoms with E-state index in [4.69, 9.17) is 5.73 Å². The third kappa shape index (κ3) is 2.67. The zero-order valence-electron chi connectivity index (χ0n) is 12.4. The molecule has 1 unspecified atom stereocenters. The van der Waals surface area contributed by atoms with E-state index in [-0.39, 0.29) is 17.4 Å². The van der Waals surface area contributed by atoms with Crippen LogP contribution in [0, 0.1) is 5.41 Å². The fraction of sp³-hybridized carbons (Fsp3) is 0.733. The van der Waals surface area contributed by atoms with Crippen molar-refractivity contribution in [3.63, 3.8) is 0 Å². The van der Waals surface area contributed by atoms with Gasteiger partial charge in [-0.3, -0.25) is 4.79 Å². The van der Waals surface area contributed by atoms with Crippen LogP contribution in [0.4, 0.5) is 4.79 Å². The van der Waals surface area contributed by atoms with Gasteiger partial charge in [-0.15, -0.1) is 6.58 Å². The van der Waals surface area contributed by atoms with Crippen molar-refractivity contribution in [2.45, 2.75) is 57.5 Å². The lowest BCUT2D eigenvalue weighted by Gasteiger charge is -2.47. The topological polar surface area (TPSA) is 75.4 Å². The predicted molar refractivity (Wildman–Crippen MR) is 78.0 cm³/mol. The average Bonchev–Trinajstić information content (AvgIpc) is 3.10. The van der Waals surface area contributed by atoms with Crippen LogP contribution in [-0.2, 0) is 4.79 Å². The number of primary amides is 1. The summed E-state index contributed by atoms with van der Waals surface area (Å²) in [6.07, 6.45) is 6.13. The van der Waals surface area contributed by atoms with Gasteiger partial charge in [0.1, 0.15) is 5.54 Å². The second-order valence-electron chi connectivity index (χ2n) is 6.70. The van der Waals surface area contributed by atoms with Gasteiger partial charge in [0.15, 0.2) is 0 Å². The Bertz CT molecular complexity index is 427. The lowest BCUT2D eigenvalue weighted by molar-refractivity contribution is -0.142. The number of nitrogens with two attached hydrogens (primary N) is 1. The Morgan fingerprint density at radius 2 is 2.05 bits per heavy atom. The summed E-state index contributed by atoms with van der Waals surface area (Å²) in [6.45, 7) is 8.96. The quantitative estimate of drug-likeness (QED) is 0.770. The molecule has 1 aliphatic heterocycles. The monoisotopic (exact) mass is 279 g/mol. The summed E-state index contributed by atoms with van der Waals surface area (Å²) < 4.78 is 0. The number of likely N-dealkylation sites (tertiary alicyclic amines) is 1. The highest BCUT2D eigenvalue weighted by Gasteiger charge is 2.55. The molecule has 5 heteroatoms. The molecule has 0 radical (unpaired) electrons. The van der Waals surface area contributed by atoms with Crippen molar-refractivity contribution in [2.24, 2.45) is 11.1 Å². The molecule has 0 aromatic rings. The van der Waals surface area contributed by atoms with Crippen molar-refractivity contribution in [2.75, 3.05) is 6.54 Å². The van der Waals surface area contributed by atoms with Crippen LogP contribution in [0.2, 0.25) is 0 Å². The Morgan fingerprint density at radius 3 is 2.55 bits per heavy atom. The largest absolute Gasteiger partial charge is 0.352 e. The highest BCUT2D eigenvalue weighted by atomic mass is 16.2. The van der Waals surface area contributed by atoms with E-state index in [1.165, 1.54) is 0 Å². The number of amides is 3. The smallest absolute Gasteiger partial charge is 0.313 e. The van der Waals surface area contributed by atoms with Gasteiger partial charge < -0.3 is 16.0 Å². The number of urea groups is 1. The maximum atomic E-state index is 12.8. The fourth-order valence-electron chi connectivity index (χ4n) is 3.32. The molecule has 2 aliphatic rings. The van der Waals surface area contributed by atoms with Crippen LogP contribution in [-0.4, -0.2) is 35.0 Å². The summed E-state index contributed by atoms with van der Waals surface area (Å²) in [4.78, 5) is 25.9.